The Morgan fingerprint density at radius 1 is 1.05 bits per heavy atom. The second-order valence-corrected chi connectivity index (χ2v) is 5.70. The molecule has 2 aromatic carbocycles. The molecule has 0 radical (unpaired) electrons. The second kappa shape index (κ2) is 5.54. The summed E-state index contributed by atoms with van der Waals surface area (Å²) in [5.41, 5.74) is 1.84. The smallest absolute Gasteiger partial charge is 0.357 e. The van der Waals surface area contributed by atoms with E-state index in [4.69, 9.17) is 0 Å². The molecule has 0 aliphatic rings. The van der Waals surface area contributed by atoms with Crippen LogP contribution in [0.15, 0.2) is 58.3 Å². The predicted molar refractivity (Wildman–Crippen MR) is 81.8 cm³/mol. The molecule has 0 aliphatic carbocycles. The maximum absolute atomic E-state index is 11.4. The predicted octanol–water partition coefficient (Wildman–Crippen LogP) is 3.79. The summed E-state index contributed by atoms with van der Waals surface area (Å²) < 4.78 is 0. The van der Waals surface area contributed by atoms with Crippen LogP contribution in [0.3, 0.4) is 0 Å². The van der Waals surface area contributed by atoms with E-state index in [1.807, 2.05) is 55.5 Å². The van der Waals surface area contributed by atoms with Crippen LogP contribution < -0.4 is 0 Å². The Balaban J connectivity index is 2.16. The Kier molecular flexibility index (Phi) is 3.58. The van der Waals surface area contributed by atoms with Crippen LogP contribution in [0.1, 0.15) is 16.1 Å². The lowest BCUT2D eigenvalue weighted by molar-refractivity contribution is 0.0685. The molecule has 104 valence electrons. The van der Waals surface area contributed by atoms with Gasteiger partial charge in [0.2, 0.25) is 0 Å². The zero-order valence-corrected chi connectivity index (χ0v) is 12.1. The summed E-state index contributed by atoms with van der Waals surface area (Å²) in [4.78, 5) is 13.0. The van der Waals surface area contributed by atoms with Gasteiger partial charge in [-0.3, -0.25) is 0 Å². The van der Waals surface area contributed by atoms with Crippen LogP contribution in [0.5, 0.6) is 0 Å². The Labute approximate surface area is 125 Å². The third-order valence-corrected chi connectivity index (χ3v) is 4.19. The average Bonchev–Trinajstić information content (AvgIpc) is 2.49. The van der Waals surface area contributed by atoms with Crippen LogP contribution in [0, 0.1) is 6.92 Å². The summed E-state index contributed by atoms with van der Waals surface area (Å²) in [5.74, 6) is -1.07. The summed E-state index contributed by atoms with van der Waals surface area (Å²) in [5, 5.41) is 18.0. The van der Waals surface area contributed by atoms with E-state index in [0.29, 0.717) is 10.4 Å². The summed E-state index contributed by atoms with van der Waals surface area (Å²) in [7, 11) is 0. The third kappa shape index (κ3) is 2.73. The number of fused-ring (bicyclic) bond motifs is 1. The van der Waals surface area contributed by atoms with Crippen molar-refractivity contribution >= 4 is 28.6 Å². The molecule has 3 aromatic rings. The molecule has 0 amide bonds. The number of aryl methyl sites for hydroxylation is 1. The van der Waals surface area contributed by atoms with E-state index in [1.54, 1.807) is 0 Å². The van der Waals surface area contributed by atoms with Crippen molar-refractivity contribution in [1.29, 1.82) is 0 Å². The van der Waals surface area contributed by atoms with Gasteiger partial charge >= 0.3 is 5.97 Å². The largest absolute Gasteiger partial charge is 0.476 e. The summed E-state index contributed by atoms with van der Waals surface area (Å²) in [6.45, 7) is 2.01. The van der Waals surface area contributed by atoms with Crippen LogP contribution >= 0.6 is 11.8 Å². The maximum Gasteiger partial charge on any atom is 0.357 e. The van der Waals surface area contributed by atoms with E-state index in [1.165, 1.54) is 11.8 Å². The highest BCUT2D eigenvalue weighted by molar-refractivity contribution is 7.99. The average molecular weight is 296 g/mol. The van der Waals surface area contributed by atoms with Gasteiger partial charge in [-0.15, -0.1) is 10.2 Å². The molecule has 0 fully saturated rings. The van der Waals surface area contributed by atoms with Crippen LogP contribution in [0.4, 0.5) is 0 Å². The summed E-state index contributed by atoms with van der Waals surface area (Å²) >= 11 is 1.40. The number of hydrogen-bond acceptors (Lipinski definition) is 4. The number of carbonyl (C=O) groups is 1. The van der Waals surface area contributed by atoms with Gasteiger partial charge in [0.15, 0.2) is 5.69 Å². The number of carboxylic acids is 1. The normalized spacial score (nSPS) is 10.7. The van der Waals surface area contributed by atoms with E-state index in [0.717, 1.165) is 15.8 Å². The molecular weight excluding hydrogens is 284 g/mol. The zero-order chi connectivity index (χ0) is 14.8. The van der Waals surface area contributed by atoms with Crippen molar-refractivity contribution in [3.05, 3.63) is 59.8 Å². The molecular formula is C16H12N2O2S. The van der Waals surface area contributed by atoms with Crippen molar-refractivity contribution in [2.75, 3.05) is 0 Å². The Morgan fingerprint density at radius 3 is 2.48 bits per heavy atom. The molecule has 1 aromatic heterocycles. The first-order valence-electron chi connectivity index (χ1n) is 6.38. The third-order valence-electron chi connectivity index (χ3n) is 3.06. The van der Waals surface area contributed by atoms with E-state index < -0.39 is 5.97 Å². The van der Waals surface area contributed by atoms with Crippen molar-refractivity contribution in [3.63, 3.8) is 0 Å². The fourth-order valence-corrected chi connectivity index (χ4v) is 3.01. The molecule has 0 bridgehead atoms. The molecule has 0 aliphatic heterocycles. The Bertz CT molecular complexity index is 816. The molecule has 0 saturated heterocycles. The lowest BCUT2D eigenvalue weighted by Gasteiger charge is -2.08. The number of nitrogens with zero attached hydrogens (tertiary/aromatic N) is 2. The highest BCUT2D eigenvalue weighted by atomic mass is 32.2. The van der Waals surface area contributed by atoms with Crippen molar-refractivity contribution in [2.45, 2.75) is 16.7 Å². The number of rotatable bonds is 3. The van der Waals surface area contributed by atoms with Crippen LogP contribution in [-0.4, -0.2) is 21.3 Å². The first-order valence-corrected chi connectivity index (χ1v) is 7.20. The Hall–Kier alpha value is -2.40. The highest BCUT2D eigenvalue weighted by Crippen LogP contribution is 2.34. The fourth-order valence-electron chi connectivity index (χ4n) is 2.00. The molecule has 21 heavy (non-hydrogen) atoms. The van der Waals surface area contributed by atoms with Gasteiger partial charge in [0.1, 0.15) is 0 Å². The molecule has 0 unspecified atom stereocenters. The zero-order valence-electron chi connectivity index (χ0n) is 11.3. The quantitative estimate of drug-likeness (QED) is 0.796. The maximum atomic E-state index is 11.4. The molecule has 0 spiro atoms. The number of aromatic carboxylic acids is 1. The lowest BCUT2D eigenvalue weighted by Crippen LogP contribution is -2.05. The van der Waals surface area contributed by atoms with E-state index in [-0.39, 0.29) is 5.69 Å². The number of carboxylic acid groups (broad SMARTS) is 1. The van der Waals surface area contributed by atoms with E-state index >= 15 is 0 Å². The van der Waals surface area contributed by atoms with Gasteiger partial charge < -0.3 is 5.11 Å². The second-order valence-electron chi connectivity index (χ2n) is 4.62. The van der Waals surface area contributed by atoms with Gasteiger partial charge in [-0.2, -0.15) is 0 Å². The van der Waals surface area contributed by atoms with Crippen LogP contribution in [0.25, 0.3) is 10.9 Å². The molecule has 0 saturated carbocycles. The van der Waals surface area contributed by atoms with Crippen LogP contribution in [0.2, 0.25) is 0 Å². The van der Waals surface area contributed by atoms with Crippen molar-refractivity contribution in [2.24, 2.45) is 0 Å². The number of hydrogen-bond donors (Lipinski definition) is 1. The van der Waals surface area contributed by atoms with Gasteiger partial charge in [-0.1, -0.05) is 47.7 Å². The topological polar surface area (TPSA) is 63.1 Å². The van der Waals surface area contributed by atoms with Crippen molar-refractivity contribution in [1.82, 2.24) is 10.2 Å². The van der Waals surface area contributed by atoms with E-state index in [9.17, 15) is 9.90 Å². The summed E-state index contributed by atoms with van der Waals surface area (Å²) in [6.07, 6.45) is 0. The fraction of sp³-hybridized carbons (Fsp3) is 0.0625. The molecule has 5 heteroatoms. The minimum absolute atomic E-state index is 0.0146. The SMILES string of the molecule is Cc1ccc(Sc2c(C(=O)O)nnc3ccccc23)cc1. The standard InChI is InChI=1S/C16H12N2O2S/c1-10-6-8-11(9-7-10)21-15-12-4-2-3-5-13(12)17-18-14(15)16(19)20/h2-9H,1H3,(H,19,20). The van der Waals surface area contributed by atoms with E-state index in [2.05, 4.69) is 10.2 Å². The van der Waals surface area contributed by atoms with Gasteiger partial charge in [0.25, 0.3) is 0 Å². The first-order chi connectivity index (χ1) is 10.1. The molecule has 1 N–H and O–H groups in total. The number of benzene rings is 2. The van der Waals surface area contributed by atoms with Crippen molar-refractivity contribution < 1.29 is 9.90 Å². The lowest BCUT2D eigenvalue weighted by atomic mass is 10.2. The summed E-state index contributed by atoms with van der Waals surface area (Å²) in [6, 6.07) is 15.4. The monoisotopic (exact) mass is 296 g/mol. The number of aromatic nitrogens is 2. The molecule has 0 atom stereocenters. The molecule has 3 rings (SSSR count). The minimum Gasteiger partial charge on any atom is -0.476 e. The van der Waals surface area contributed by atoms with Gasteiger partial charge in [-0.25, -0.2) is 4.79 Å². The minimum atomic E-state index is -1.07. The first kappa shape index (κ1) is 13.6. The highest BCUT2D eigenvalue weighted by Gasteiger charge is 2.17. The van der Waals surface area contributed by atoms with Gasteiger partial charge in [-0.05, 0) is 25.1 Å². The Morgan fingerprint density at radius 2 is 1.76 bits per heavy atom. The molecule has 1 heterocycles. The molecule has 4 nitrogen and oxygen atoms in total. The van der Waals surface area contributed by atoms with Crippen molar-refractivity contribution in [3.8, 4) is 0 Å². The van der Waals surface area contributed by atoms with Gasteiger partial charge in [0.05, 0.1) is 10.4 Å². The van der Waals surface area contributed by atoms with Gasteiger partial charge in [0, 0.05) is 10.3 Å². The van der Waals surface area contributed by atoms with Crippen LogP contribution in [-0.2, 0) is 0 Å².